The first kappa shape index (κ1) is 11.2. The van der Waals surface area contributed by atoms with Gasteiger partial charge in [-0.25, -0.2) is 0 Å². The summed E-state index contributed by atoms with van der Waals surface area (Å²) in [7, 11) is 0. The quantitative estimate of drug-likeness (QED) is 0.803. The summed E-state index contributed by atoms with van der Waals surface area (Å²) >= 11 is 0. The number of hydroxylamine groups is 2. The van der Waals surface area contributed by atoms with E-state index < -0.39 is 0 Å². The van der Waals surface area contributed by atoms with Crippen molar-refractivity contribution in [2.75, 3.05) is 0 Å². The maximum absolute atomic E-state index is 6.04. The monoisotopic (exact) mass is 251 g/mol. The van der Waals surface area contributed by atoms with Gasteiger partial charge in [-0.1, -0.05) is 60.7 Å². The molecule has 2 heteroatoms. The number of nitrogens with zero attached hydrogens (tertiary/aromatic N) is 1. The van der Waals surface area contributed by atoms with Crippen molar-refractivity contribution in [3.63, 3.8) is 0 Å². The minimum atomic E-state index is 0.385. The fourth-order valence-corrected chi connectivity index (χ4v) is 3.34. The van der Waals surface area contributed by atoms with E-state index in [4.69, 9.17) is 4.84 Å². The number of hydrogen-bond donors (Lipinski definition) is 0. The van der Waals surface area contributed by atoms with Crippen LogP contribution in [-0.4, -0.2) is 11.2 Å². The second kappa shape index (κ2) is 4.48. The molecule has 2 saturated heterocycles. The first-order valence-electron chi connectivity index (χ1n) is 6.97. The van der Waals surface area contributed by atoms with Gasteiger partial charge in [0.05, 0.1) is 18.2 Å². The zero-order valence-electron chi connectivity index (χ0n) is 10.8. The Hall–Kier alpha value is -1.64. The van der Waals surface area contributed by atoms with Gasteiger partial charge in [0.25, 0.3) is 0 Å². The molecule has 2 heterocycles. The summed E-state index contributed by atoms with van der Waals surface area (Å²) in [5.74, 6) is 0. The van der Waals surface area contributed by atoms with E-state index in [-0.39, 0.29) is 0 Å². The molecule has 2 aromatic carbocycles. The molecule has 0 aromatic heterocycles. The van der Waals surface area contributed by atoms with Gasteiger partial charge in [-0.05, 0) is 24.0 Å². The van der Waals surface area contributed by atoms with Crippen LogP contribution in [0, 0.1) is 0 Å². The average Bonchev–Trinajstić information content (AvgIpc) is 3.09. The first-order chi connectivity index (χ1) is 9.42. The lowest BCUT2D eigenvalue weighted by Gasteiger charge is -2.29. The molecule has 0 radical (unpaired) electrons. The van der Waals surface area contributed by atoms with E-state index in [2.05, 4.69) is 65.7 Å². The molecule has 2 aromatic rings. The van der Waals surface area contributed by atoms with Crippen LogP contribution in [0.3, 0.4) is 0 Å². The number of piperidine rings is 1. The summed E-state index contributed by atoms with van der Waals surface area (Å²) in [5.41, 5.74) is 2.73. The third kappa shape index (κ3) is 1.88. The second-order valence-electron chi connectivity index (χ2n) is 5.41. The Kier molecular flexibility index (Phi) is 2.64. The first-order valence-corrected chi connectivity index (χ1v) is 6.97. The van der Waals surface area contributed by atoms with Crippen molar-refractivity contribution in [1.29, 1.82) is 0 Å². The van der Waals surface area contributed by atoms with E-state index in [1.165, 1.54) is 11.1 Å². The number of fused-ring (bicyclic) bond motifs is 2. The molecule has 2 aliphatic rings. The highest BCUT2D eigenvalue weighted by molar-refractivity contribution is 5.25. The Bertz CT molecular complexity index is 504. The third-order valence-corrected chi connectivity index (χ3v) is 4.23. The topological polar surface area (TPSA) is 12.5 Å². The van der Waals surface area contributed by atoms with Crippen molar-refractivity contribution in [3.8, 4) is 0 Å². The minimum absolute atomic E-state index is 0.385. The lowest BCUT2D eigenvalue weighted by atomic mass is 9.90. The Labute approximate surface area is 113 Å². The summed E-state index contributed by atoms with van der Waals surface area (Å²) in [4.78, 5) is 6.04. The minimum Gasteiger partial charge on any atom is -0.294 e. The second-order valence-corrected chi connectivity index (χ2v) is 5.41. The van der Waals surface area contributed by atoms with Crippen LogP contribution in [0.4, 0.5) is 0 Å². The van der Waals surface area contributed by atoms with Gasteiger partial charge in [-0.15, -0.1) is 0 Å². The Morgan fingerprint density at radius 3 is 1.63 bits per heavy atom. The highest BCUT2D eigenvalue weighted by Gasteiger charge is 2.46. The molecular formula is C17H17NO. The van der Waals surface area contributed by atoms with Crippen LogP contribution in [-0.2, 0) is 4.84 Å². The van der Waals surface area contributed by atoms with Crippen LogP contribution >= 0.6 is 0 Å². The molecule has 19 heavy (non-hydrogen) atoms. The summed E-state index contributed by atoms with van der Waals surface area (Å²) in [6.07, 6.45) is 2.62. The zero-order chi connectivity index (χ0) is 12.7. The predicted octanol–water partition coefficient (Wildman–Crippen LogP) is 3.88. The molecule has 0 aliphatic carbocycles. The van der Waals surface area contributed by atoms with Gasteiger partial charge in [0, 0.05) is 0 Å². The van der Waals surface area contributed by atoms with Gasteiger partial charge in [-0.3, -0.25) is 4.84 Å². The van der Waals surface area contributed by atoms with Crippen LogP contribution in [0.25, 0.3) is 0 Å². The van der Waals surface area contributed by atoms with Crippen LogP contribution < -0.4 is 0 Å². The van der Waals surface area contributed by atoms with Crippen molar-refractivity contribution in [3.05, 3.63) is 71.8 Å². The van der Waals surface area contributed by atoms with Crippen molar-refractivity contribution in [1.82, 2.24) is 5.06 Å². The molecule has 2 bridgehead atoms. The van der Waals surface area contributed by atoms with E-state index in [1.807, 2.05) is 0 Å². The van der Waals surface area contributed by atoms with E-state index in [9.17, 15) is 0 Å². The zero-order valence-corrected chi connectivity index (χ0v) is 10.8. The molecule has 2 unspecified atom stereocenters. The Morgan fingerprint density at radius 1 is 0.737 bits per heavy atom. The van der Waals surface area contributed by atoms with Gasteiger partial charge in [-0.2, -0.15) is 5.06 Å². The fraction of sp³-hybridized carbons (Fsp3) is 0.294. The highest BCUT2D eigenvalue weighted by atomic mass is 16.7. The van der Waals surface area contributed by atoms with Gasteiger partial charge >= 0.3 is 0 Å². The number of rotatable bonds is 2. The molecule has 2 nitrogen and oxygen atoms in total. The van der Waals surface area contributed by atoms with Crippen molar-refractivity contribution >= 4 is 0 Å². The predicted molar refractivity (Wildman–Crippen MR) is 74.3 cm³/mol. The summed E-state index contributed by atoms with van der Waals surface area (Å²) in [6, 6.07) is 22.2. The van der Waals surface area contributed by atoms with Gasteiger partial charge in [0.15, 0.2) is 0 Å². The molecule has 2 aliphatic heterocycles. The van der Waals surface area contributed by atoms with E-state index in [0.717, 1.165) is 12.8 Å². The van der Waals surface area contributed by atoms with E-state index >= 15 is 0 Å². The molecule has 0 saturated carbocycles. The van der Waals surface area contributed by atoms with Crippen molar-refractivity contribution < 1.29 is 4.84 Å². The Balaban J connectivity index is 1.65. The van der Waals surface area contributed by atoms with E-state index in [1.54, 1.807) is 0 Å². The van der Waals surface area contributed by atoms with Crippen LogP contribution in [0.15, 0.2) is 60.7 Å². The van der Waals surface area contributed by atoms with Crippen LogP contribution in [0.2, 0.25) is 0 Å². The van der Waals surface area contributed by atoms with Gasteiger partial charge < -0.3 is 0 Å². The molecule has 2 fully saturated rings. The van der Waals surface area contributed by atoms with E-state index in [0.29, 0.717) is 18.2 Å². The van der Waals surface area contributed by atoms with Gasteiger partial charge in [0.1, 0.15) is 0 Å². The average molecular weight is 251 g/mol. The van der Waals surface area contributed by atoms with Gasteiger partial charge in [0.2, 0.25) is 0 Å². The number of hydrogen-bond acceptors (Lipinski definition) is 2. The van der Waals surface area contributed by atoms with Crippen molar-refractivity contribution in [2.24, 2.45) is 0 Å². The lowest BCUT2D eigenvalue weighted by Crippen LogP contribution is -2.26. The molecule has 0 spiro atoms. The molecule has 4 atom stereocenters. The fourth-order valence-electron chi connectivity index (χ4n) is 3.34. The molecule has 0 amide bonds. The standard InChI is InChI=1S/C17H17NO/c1-3-7-13(8-4-1)16-11-15-12-17(18(16)19-15)14-9-5-2-6-10-14/h1-10,15-17H,11-12H2/t15?,16-,17+. The molecule has 0 N–H and O–H groups in total. The highest BCUT2D eigenvalue weighted by Crippen LogP contribution is 2.49. The third-order valence-electron chi connectivity index (χ3n) is 4.23. The molecule has 4 rings (SSSR count). The maximum atomic E-state index is 6.04. The largest absolute Gasteiger partial charge is 0.294 e. The van der Waals surface area contributed by atoms with Crippen LogP contribution in [0.5, 0.6) is 0 Å². The smallest absolute Gasteiger partial charge is 0.0832 e. The van der Waals surface area contributed by atoms with Crippen LogP contribution in [0.1, 0.15) is 36.1 Å². The lowest BCUT2D eigenvalue weighted by molar-refractivity contribution is -0.136. The SMILES string of the molecule is c1ccc([C@H]2CC3C[C@@H](c4ccccc4)N2O3)cc1. The summed E-state index contributed by atoms with van der Waals surface area (Å²) in [6.45, 7) is 0. The maximum Gasteiger partial charge on any atom is 0.0832 e. The summed E-state index contributed by atoms with van der Waals surface area (Å²) in [5, 5.41) is 2.22. The van der Waals surface area contributed by atoms with Crippen molar-refractivity contribution in [2.45, 2.75) is 31.0 Å². The molecular weight excluding hydrogens is 234 g/mol. The molecule has 96 valence electrons. The Morgan fingerprint density at radius 2 is 1.21 bits per heavy atom. The number of benzene rings is 2. The summed E-state index contributed by atoms with van der Waals surface area (Å²) < 4.78 is 0. The normalized spacial score (nSPS) is 32.6.